The Balaban J connectivity index is 1.88. The fraction of sp³-hybridized carbons (Fsp3) is 0.500. The molecule has 1 saturated carbocycles. The first kappa shape index (κ1) is 15.8. The summed E-state index contributed by atoms with van der Waals surface area (Å²) in [5.41, 5.74) is 1.00. The van der Waals surface area contributed by atoms with Crippen LogP contribution in [0.1, 0.15) is 38.2 Å². The minimum absolute atomic E-state index is 0.0225. The van der Waals surface area contributed by atoms with Crippen molar-refractivity contribution in [1.82, 2.24) is 0 Å². The van der Waals surface area contributed by atoms with Crippen molar-refractivity contribution in [3.8, 4) is 0 Å². The highest BCUT2D eigenvalue weighted by atomic mass is 16.5. The molecule has 3 atom stereocenters. The summed E-state index contributed by atoms with van der Waals surface area (Å²) in [5.74, 6) is 0.149. The van der Waals surface area contributed by atoms with Crippen LogP contribution in [0.3, 0.4) is 0 Å². The molecule has 3 nitrogen and oxygen atoms in total. The van der Waals surface area contributed by atoms with Gasteiger partial charge in [0.1, 0.15) is 6.10 Å². The molecule has 0 aromatic heterocycles. The molecule has 0 spiro atoms. The van der Waals surface area contributed by atoms with Crippen LogP contribution in [0.25, 0.3) is 6.08 Å². The summed E-state index contributed by atoms with van der Waals surface area (Å²) in [7, 11) is 1.76. The van der Waals surface area contributed by atoms with Gasteiger partial charge in [-0.2, -0.15) is 0 Å². The first-order chi connectivity index (χ1) is 10.2. The second-order valence-electron chi connectivity index (χ2n) is 5.56. The Labute approximate surface area is 127 Å². The van der Waals surface area contributed by atoms with Gasteiger partial charge in [0.15, 0.2) is 0 Å². The molecule has 0 N–H and O–H groups in total. The Morgan fingerprint density at radius 1 is 1.29 bits per heavy atom. The van der Waals surface area contributed by atoms with E-state index in [9.17, 15) is 4.79 Å². The Bertz CT molecular complexity index is 467. The molecule has 114 valence electrons. The lowest BCUT2D eigenvalue weighted by molar-refractivity contribution is -0.149. The molecule has 0 radical (unpaired) electrons. The number of esters is 1. The average molecular weight is 288 g/mol. The highest BCUT2D eigenvalue weighted by Crippen LogP contribution is 2.31. The molecule has 0 bridgehead atoms. The summed E-state index contributed by atoms with van der Waals surface area (Å²) in [6, 6.07) is 9.77. The molecule has 0 amide bonds. The van der Waals surface area contributed by atoms with E-state index in [1.165, 1.54) is 6.08 Å². The third kappa shape index (κ3) is 4.71. The van der Waals surface area contributed by atoms with E-state index in [0.29, 0.717) is 12.0 Å². The lowest BCUT2D eigenvalue weighted by atomic mass is 9.83. The maximum absolute atomic E-state index is 12.0. The predicted octanol–water partition coefficient (Wildman–Crippen LogP) is 3.84. The highest BCUT2D eigenvalue weighted by Gasteiger charge is 2.31. The van der Waals surface area contributed by atoms with E-state index in [-0.39, 0.29) is 12.1 Å². The molecule has 0 saturated heterocycles. The smallest absolute Gasteiger partial charge is 0.331 e. The molecule has 0 aliphatic heterocycles. The molecular formula is C18H24O3. The van der Waals surface area contributed by atoms with Crippen LogP contribution < -0.4 is 0 Å². The standard InChI is InChI=1S/C18H24O3/c1-3-15-13-16(20-2)10-11-17(15)21-18(19)12-9-14-7-5-4-6-8-14/h4-9,12,15-17H,3,10-11,13H2,1-2H3/b12-9-. The van der Waals surface area contributed by atoms with E-state index in [0.717, 1.165) is 31.2 Å². The van der Waals surface area contributed by atoms with Gasteiger partial charge in [0, 0.05) is 13.2 Å². The van der Waals surface area contributed by atoms with Crippen LogP contribution in [0, 0.1) is 5.92 Å². The van der Waals surface area contributed by atoms with Crippen LogP contribution in [0.5, 0.6) is 0 Å². The van der Waals surface area contributed by atoms with Crippen LogP contribution in [0.4, 0.5) is 0 Å². The van der Waals surface area contributed by atoms with Gasteiger partial charge in [-0.3, -0.25) is 0 Å². The zero-order chi connectivity index (χ0) is 15.1. The molecule has 21 heavy (non-hydrogen) atoms. The van der Waals surface area contributed by atoms with Gasteiger partial charge >= 0.3 is 5.97 Å². The van der Waals surface area contributed by atoms with Gasteiger partial charge in [-0.15, -0.1) is 0 Å². The largest absolute Gasteiger partial charge is 0.459 e. The summed E-state index contributed by atoms with van der Waals surface area (Å²) >= 11 is 0. The van der Waals surface area contributed by atoms with Crippen molar-refractivity contribution in [2.75, 3.05) is 7.11 Å². The highest BCUT2D eigenvalue weighted by molar-refractivity contribution is 5.87. The number of benzene rings is 1. The Hall–Kier alpha value is -1.61. The average Bonchev–Trinajstić information content (AvgIpc) is 2.54. The zero-order valence-corrected chi connectivity index (χ0v) is 12.8. The van der Waals surface area contributed by atoms with Crippen molar-refractivity contribution in [3.63, 3.8) is 0 Å². The van der Waals surface area contributed by atoms with Crippen molar-refractivity contribution in [3.05, 3.63) is 42.0 Å². The molecule has 3 heteroatoms. The molecule has 1 fully saturated rings. The maximum atomic E-state index is 12.0. The molecule has 1 aliphatic rings. The van der Waals surface area contributed by atoms with Gasteiger partial charge in [-0.05, 0) is 43.2 Å². The second kappa shape index (κ2) is 7.99. The third-order valence-electron chi connectivity index (χ3n) is 4.20. The predicted molar refractivity (Wildman–Crippen MR) is 83.8 cm³/mol. The van der Waals surface area contributed by atoms with E-state index in [1.807, 2.05) is 30.3 Å². The van der Waals surface area contributed by atoms with Crippen molar-refractivity contribution in [2.24, 2.45) is 5.92 Å². The quantitative estimate of drug-likeness (QED) is 0.610. The number of hydrogen-bond donors (Lipinski definition) is 0. The summed E-state index contributed by atoms with van der Waals surface area (Å²) in [5, 5.41) is 0. The van der Waals surface area contributed by atoms with E-state index in [2.05, 4.69) is 6.92 Å². The SMILES string of the molecule is CCC1CC(OC)CCC1OC(=O)/C=C\c1ccccc1. The second-order valence-corrected chi connectivity index (χ2v) is 5.56. The van der Waals surface area contributed by atoms with Gasteiger partial charge in [-0.1, -0.05) is 37.3 Å². The van der Waals surface area contributed by atoms with Crippen LogP contribution >= 0.6 is 0 Å². The minimum Gasteiger partial charge on any atom is -0.459 e. The topological polar surface area (TPSA) is 35.5 Å². The van der Waals surface area contributed by atoms with Crippen LogP contribution in [-0.2, 0) is 14.3 Å². The van der Waals surface area contributed by atoms with Crippen molar-refractivity contribution < 1.29 is 14.3 Å². The lowest BCUT2D eigenvalue weighted by Crippen LogP contribution is -2.35. The Kier molecular flexibility index (Phi) is 6.00. The Morgan fingerprint density at radius 3 is 2.71 bits per heavy atom. The van der Waals surface area contributed by atoms with E-state index >= 15 is 0 Å². The monoisotopic (exact) mass is 288 g/mol. The molecule has 1 aliphatic carbocycles. The molecule has 1 aromatic rings. The van der Waals surface area contributed by atoms with Gasteiger partial charge < -0.3 is 9.47 Å². The number of rotatable bonds is 5. The number of ether oxygens (including phenoxy) is 2. The van der Waals surface area contributed by atoms with Gasteiger partial charge in [0.25, 0.3) is 0 Å². The third-order valence-corrected chi connectivity index (χ3v) is 4.20. The molecule has 0 heterocycles. The fourth-order valence-electron chi connectivity index (χ4n) is 2.91. The molecule has 1 aromatic carbocycles. The van der Waals surface area contributed by atoms with Gasteiger partial charge in [0.05, 0.1) is 6.10 Å². The molecular weight excluding hydrogens is 264 g/mol. The van der Waals surface area contributed by atoms with Crippen molar-refractivity contribution >= 4 is 12.0 Å². The first-order valence-corrected chi connectivity index (χ1v) is 7.69. The molecule has 3 unspecified atom stereocenters. The fourth-order valence-corrected chi connectivity index (χ4v) is 2.91. The van der Waals surface area contributed by atoms with Crippen LogP contribution in [0.2, 0.25) is 0 Å². The summed E-state index contributed by atoms with van der Waals surface area (Å²) in [6.45, 7) is 2.14. The van der Waals surface area contributed by atoms with Crippen LogP contribution in [-0.4, -0.2) is 25.3 Å². The van der Waals surface area contributed by atoms with Crippen LogP contribution in [0.15, 0.2) is 36.4 Å². The first-order valence-electron chi connectivity index (χ1n) is 7.69. The summed E-state index contributed by atoms with van der Waals surface area (Å²) < 4.78 is 11.1. The Morgan fingerprint density at radius 2 is 2.05 bits per heavy atom. The normalized spacial score (nSPS) is 25.9. The van der Waals surface area contributed by atoms with Gasteiger partial charge in [-0.25, -0.2) is 4.79 Å². The van der Waals surface area contributed by atoms with E-state index in [4.69, 9.17) is 9.47 Å². The summed E-state index contributed by atoms with van der Waals surface area (Å²) in [4.78, 5) is 12.0. The van der Waals surface area contributed by atoms with E-state index in [1.54, 1.807) is 13.2 Å². The number of carbonyl (C=O) groups excluding carboxylic acids is 1. The summed E-state index contributed by atoms with van der Waals surface area (Å²) in [6.07, 6.45) is 7.50. The number of methoxy groups -OCH3 is 1. The number of carbonyl (C=O) groups is 1. The zero-order valence-electron chi connectivity index (χ0n) is 12.8. The maximum Gasteiger partial charge on any atom is 0.331 e. The molecule has 2 rings (SSSR count). The number of hydrogen-bond acceptors (Lipinski definition) is 3. The van der Waals surface area contributed by atoms with Gasteiger partial charge in [0.2, 0.25) is 0 Å². The van der Waals surface area contributed by atoms with E-state index < -0.39 is 0 Å². The van der Waals surface area contributed by atoms with Crippen molar-refractivity contribution in [2.45, 2.75) is 44.8 Å². The van der Waals surface area contributed by atoms with Crippen molar-refractivity contribution in [1.29, 1.82) is 0 Å². The minimum atomic E-state index is -0.252. The lowest BCUT2D eigenvalue weighted by Gasteiger charge is -2.34.